The summed E-state index contributed by atoms with van der Waals surface area (Å²) in [7, 11) is 1.38. The van der Waals surface area contributed by atoms with Crippen LogP contribution in [0.4, 0.5) is 10.3 Å². The minimum Gasteiger partial charge on any atom is -0.479 e. The summed E-state index contributed by atoms with van der Waals surface area (Å²) in [4.78, 5) is 12.0. The van der Waals surface area contributed by atoms with Crippen LogP contribution < -0.4 is 10.1 Å². The molecule has 6 nitrogen and oxygen atoms in total. The van der Waals surface area contributed by atoms with Gasteiger partial charge >= 0.3 is 0 Å². The van der Waals surface area contributed by atoms with Gasteiger partial charge in [0, 0.05) is 18.3 Å². The Balaban J connectivity index is 1.68. The molecule has 2 aromatic heterocycles. The van der Waals surface area contributed by atoms with Crippen molar-refractivity contribution in [3.05, 3.63) is 42.1 Å². The molecule has 0 aliphatic carbocycles. The second-order valence-corrected chi connectivity index (χ2v) is 5.16. The molecule has 0 bridgehead atoms. The van der Waals surface area contributed by atoms with Gasteiger partial charge in [0.05, 0.1) is 32.6 Å². The number of methoxy groups -OCH3 is 1. The Bertz CT molecular complexity index is 626. The van der Waals surface area contributed by atoms with E-state index in [-0.39, 0.29) is 11.9 Å². The average Bonchev–Trinajstić information content (AvgIpc) is 2.97. The molecule has 1 saturated heterocycles. The first kappa shape index (κ1) is 14.6. The van der Waals surface area contributed by atoms with Crippen molar-refractivity contribution in [2.75, 3.05) is 25.6 Å². The van der Waals surface area contributed by atoms with Crippen LogP contribution in [0.3, 0.4) is 0 Å². The zero-order valence-electron chi connectivity index (χ0n) is 12.2. The van der Waals surface area contributed by atoms with Crippen LogP contribution in [0, 0.1) is 11.7 Å². The number of halogens is 1. The fourth-order valence-electron chi connectivity index (χ4n) is 2.51. The zero-order valence-corrected chi connectivity index (χ0v) is 12.2. The van der Waals surface area contributed by atoms with Gasteiger partial charge in [-0.3, -0.25) is 4.98 Å². The van der Waals surface area contributed by atoms with Crippen LogP contribution in [0.25, 0.3) is 0 Å². The largest absolute Gasteiger partial charge is 0.479 e. The molecule has 116 valence electrons. The van der Waals surface area contributed by atoms with E-state index in [0.717, 1.165) is 12.6 Å². The van der Waals surface area contributed by atoms with Gasteiger partial charge in [0.25, 0.3) is 5.88 Å². The monoisotopic (exact) mass is 304 g/mol. The van der Waals surface area contributed by atoms with Crippen molar-refractivity contribution in [2.24, 2.45) is 5.92 Å². The molecule has 7 heteroatoms. The summed E-state index contributed by atoms with van der Waals surface area (Å²) >= 11 is 0. The second-order valence-electron chi connectivity index (χ2n) is 5.16. The van der Waals surface area contributed by atoms with E-state index in [2.05, 4.69) is 20.3 Å². The Kier molecular flexibility index (Phi) is 4.43. The fourth-order valence-corrected chi connectivity index (χ4v) is 2.51. The Labute approximate surface area is 127 Å². The van der Waals surface area contributed by atoms with Crippen molar-refractivity contribution >= 4 is 5.95 Å². The molecule has 1 fully saturated rings. The molecule has 0 saturated carbocycles. The van der Waals surface area contributed by atoms with Crippen LogP contribution in [0.5, 0.6) is 5.88 Å². The van der Waals surface area contributed by atoms with E-state index in [4.69, 9.17) is 9.47 Å². The van der Waals surface area contributed by atoms with Crippen molar-refractivity contribution in [3.8, 4) is 5.88 Å². The van der Waals surface area contributed by atoms with E-state index in [0.29, 0.717) is 25.1 Å². The summed E-state index contributed by atoms with van der Waals surface area (Å²) in [5, 5.41) is 3.20. The molecule has 1 aliphatic rings. The van der Waals surface area contributed by atoms with E-state index in [1.165, 1.54) is 12.7 Å². The first-order valence-corrected chi connectivity index (χ1v) is 7.06. The molecule has 3 heterocycles. The first-order chi connectivity index (χ1) is 10.8. The lowest BCUT2D eigenvalue weighted by Gasteiger charge is -2.19. The normalized spacial score (nSPS) is 20.8. The Morgan fingerprint density at radius 1 is 1.36 bits per heavy atom. The number of rotatable bonds is 5. The molecule has 0 amide bonds. The summed E-state index contributed by atoms with van der Waals surface area (Å²) in [5.41, 5.74) is 1.20. The molecule has 1 aliphatic heterocycles. The van der Waals surface area contributed by atoms with E-state index in [1.807, 2.05) is 12.1 Å². The Morgan fingerprint density at radius 3 is 2.95 bits per heavy atom. The molecule has 0 spiro atoms. The van der Waals surface area contributed by atoms with Crippen molar-refractivity contribution < 1.29 is 13.9 Å². The predicted octanol–water partition coefficient (Wildman–Crippen LogP) is 1.69. The highest BCUT2D eigenvalue weighted by molar-refractivity contribution is 5.30. The number of hydrogen-bond acceptors (Lipinski definition) is 6. The quantitative estimate of drug-likeness (QED) is 0.906. The van der Waals surface area contributed by atoms with Crippen molar-refractivity contribution in [2.45, 2.75) is 12.5 Å². The third kappa shape index (κ3) is 3.30. The van der Waals surface area contributed by atoms with Crippen molar-refractivity contribution in [3.63, 3.8) is 0 Å². The number of anilines is 1. The van der Waals surface area contributed by atoms with E-state index >= 15 is 0 Å². The van der Waals surface area contributed by atoms with E-state index in [1.54, 1.807) is 12.4 Å². The maximum Gasteiger partial charge on any atom is 0.255 e. The van der Waals surface area contributed by atoms with Gasteiger partial charge in [0.2, 0.25) is 11.8 Å². The van der Waals surface area contributed by atoms with Gasteiger partial charge in [-0.05, 0) is 24.1 Å². The molecule has 3 rings (SSSR count). The number of aromatic nitrogens is 3. The minimum atomic E-state index is -0.580. The lowest BCUT2D eigenvalue weighted by atomic mass is 9.95. The van der Waals surface area contributed by atoms with Crippen LogP contribution in [-0.2, 0) is 11.2 Å². The molecule has 0 unspecified atom stereocenters. The summed E-state index contributed by atoms with van der Waals surface area (Å²) in [6, 6.07) is 4.06. The van der Waals surface area contributed by atoms with Crippen LogP contribution in [0.15, 0.2) is 30.7 Å². The molecular weight excluding hydrogens is 287 g/mol. The lowest BCUT2D eigenvalue weighted by molar-refractivity contribution is 0.185. The molecule has 22 heavy (non-hydrogen) atoms. The number of hydrogen-bond donors (Lipinski definition) is 1. The molecule has 2 atom stereocenters. The van der Waals surface area contributed by atoms with E-state index < -0.39 is 5.82 Å². The van der Waals surface area contributed by atoms with Crippen LogP contribution in [0.1, 0.15) is 5.56 Å². The number of pyridine rings is 1. The minimum absolute atomic E-state index is 0.0675. The lowest BCUT2D eigenvalue weighted by Crippen LogP contribution is -2.30. The van der Waals surface area contributed by atoms with Crippen molar-refractivity contribution in [1.29, 1.82) is 0 Å². The van der Waals surface area contributed by atoms with Crippen molar-refractivity contribution in [1.82, 2.24) is 15.0 Å². The smallest absolute Gasteiger partial charge is 0.255 e. The summed E-state index contributed by atoms with van der Waals surface area (Å²) in [5.74, 6) is -0.0123. The standard InChI is InChI=1S/C15H17FN4O2/c1-21-14-12(16)7-18-15(20-14)19-13-9-22-8-11(13)6-10-2-4-17-5-3-10/h2-5,7,11,13H,6,8-9H2,1H3,(H,18,19,20)/t11-,13-/m1/s1. The third-order valence-electron chi connectivity index (χ3n) is 3.67. The molecular formula is C15H17FN4O2. The van der Waals surface area contributed by atoms with Crippen LogP contribution in [-0.4, -0.2) is 41.3 Å². The second kappa shape index (κ2) is 6.65. The zero-order chi connectivity index (χ0) is 15.4. The topological polar surface area (TPSA) is 69.2 Å². The van der Waals surface area contributed by atoms with Crippen LogP contribution in [0.2, 0.25) is 0 Å². The highest BCUT2D eigenvalue weighted by Gasteiger charge is 2.29. The highest BCUT2D eigenvalue weighted by atomic mass is 19.1. The molecule has 0 aromatic carbocycles. The van der Waals surface area contributed by atoms with Gasteiger partial charge in [-0.1, -0.05) is 0 Å². The number of nitrogens with one attached hydrogen (secondary N) is 1. The number of ether oxygens (including phenoxy) is 2. The highest BCUT2D eigenvalue weighted by Crippen LogP contribution is 2.22. The molecule has 2 aromatic rings. The number of nitrogens with zero attached hydrogens (tertiary/aromatic N) is 3. The summed E-state index contributed by atoms with van der Waals surface area (Å²) < 4.78 is 23.8. The van der Waals surface area contributed by atoms with Crippen LogP contribution >= 0.6 is 0 Å². The van der Waals surface area contributed by atoms with Gasteiger partial charge in [-0.2, -0.15) is 9.37 Å². The van der Waals surface area contributed by atoms with Gasteiger partial charge in [-0.25, -0.2) is 4.98 Å². The summed E-state index contributed by atoms with van der Waals surface area (Å²) in [6.45, 7) is 1.23. The summed E-state index contributed by atoms with van der Waals surface area (Å²) in [6.07, 6.45) is 5.53. The van der Waals surface area contributed by atoms with Gasteiger partial charge in [0.15, 0.2) is 0 Å². The fraction of sp³-hybridized carbons (Fsp3) is 0.400. The van der Waals surface area contributed by atoms with E-state index in [9.17, 15) is 4.39 Å². The maximum absolute atomic E-state index is 13.3. The van der Waals surface area contributed by atoms with Gasteiger partial charge in [0.1, 0.15) is 0 Å². The van der Waals surface area contributed by atoms with Gasteiger partial charge < -0.3 is 14.8 Å². The maximum atomic E-state index is 13.3. The third-order valence-corrected chi connectivity index (χ3v) is 3.67. The first-order valence-electron chi connectivity index (χ1n) is 7.06. The Morgan fingerprint density at radius 2 is 2.18 bits per heavy atom. The van der Waals surface area contributed by atoms with Gasteiger partial charge in [-0.15, -0.1) is 0 Å². The Hall–Kier alpha value is -2.28. The molecule has 1 N–H and O–H groups in total. The molecule has 0 radical (unpaired) electrons. The SMILES string of the molecule is COc1nc(N[C@@H]2COC[C@H]2Cc2ccncc2)ncc1F. The average molecular weight is 304 g/mol. The predicted molar refractivity (Wildman–Crippen MR) is 78.2 cm³/mol.